The number of aromatic amines is 2. The first kappa shape index (κ1) is 16.7. The maximum absolute atomic E-state index is 13.1. The van der Waals surface area contributed by atoms with Crippen LogP contribution in [0.1, 0.15) is 23.6 Å². The average Bonchev–Trinajstić information content (AvgIpc) is 3.40. The number of benzene rings is 1. The summed E-state index contributed by atoms with van der Waals surface area (Å²) in [4.78, 5) is 22.9. The van der Waals surface area contributed by atoms with Crippen LogP contribution in [0.3, 0.4) is 0 Å². The van der Waals surface area contributed by atoms with Gasteiger partial charge in [-0.25, -0.2) is 4.98 Å². The molecule has 5 heterocycles. The van der Waals surface area contributed by atoms with Crippen LogP contribution >= 0.6 is 0 Å². The largest absolute Gasteiger partial charge is 0.344 e. The highest BCUT2D eigenvalue weighted by Crippen LogP contribution is 2.36. The number of pyridine rings is 1. The van der Waals surface area contributed by atoms with Gasteiger partial charge in [-0.3, -0.25) is 14.8 Å². The predicted molar refractivity (Wildman–Crippen MR) is 111 cm³/mol. The second kappa shape index (κ2) is 6.42. The monoisotopic (exact) mass is 386 g/mol. The van der Waals surface area contributed by atoms with Gasteiger partial charge >= 0.3 is 0 Å². The first-order chi connectivity index (χ1) is 14.2. The molecule has 2 aliphatic heterocycles. The lowest BCUT2D eigenvalue weighted by molar-refractivity contribution is 0.114. The molecule has 2 N–H and O–H groups in total. The van der Waals surface area contributed by atoms with Crippen molar-refractivity contribution in [2.24, 2.45) is 5.92 Å². The molecule has 0 aliphatic carbocycles. The van der Waals surface area contributed by atoms with E-state index in [9.17, 15) is 4.79 Å². The molecule has 0 amide bonds. The van der Waals surface area contributed by atoms with Gasteiger partial charge in [0, 0.05) is 55.6 Å². The number of rotatable bonds is 3. The summed E-state index contributed by atoms with van der Waals surface area (Å²) in [6, 6.07) is 10.6. The highest BCUT2D eigenvalue weighted by atomic mass is 16.1. The molecule has 7 nitrogen and oxygen atoms in total. The van der Waals surface area contributed by atoms with Gasteiger partial charge in [-0.15, -0.1) is 0 Å². The lowest BCUT2D eigenvalue weighted by Crippen LogP contribution is -2.46. The smallest absolute Gasteiger partial charge is 0.261 e. The van der Waals surface area contributed by atoms with Crippen LogP contribution in [0.5, 0.6) is 0 Å². The minimum atomic E-state index is 0.0743. The number of fused-ring (bicyclic) bond motifs is 5. The number of hydrogen-bond acceptors (Lipinski definition) is 4. The maximum atomic E-state index is 13.1. The van der Waals surface area contributed by atoms with Crippen LogP contribution < -0.4 is 5.56 Å². The van der Waals surface area contributed by atoms with Gasteiger partial charge in [0.2, 0.25) is 0 Å². The fraction of sp³-hybridized carbons (Fsp3) is 0.318. The van der Waals surface area contributed by atoms with Gasteiger partial charge < -0.3 is 9.55 Å². The van der Waals surface area contributed by atoms with E-state index in [4.69, 9.17) is 0 Å². The quantitative estimate of drug-likeness (QED) is 0.567. The van der Waals surface area contributed by atoms with Crippen LogP contribution in [0.25, 0.3) is 22.3 Å². The molecular formula is C22H22N6O. The molecule has 3 aromatic heterocycles. The molecule has 0 spiro atoms. The molecular weight excluding hydrogens is 364 g/mol. The number of imidazole rings is 1. The summed E-state index contributed by atoms with van der Waals surface area (Å²) in [5, 5.41) is 8.32. The van der Waals surface area contributed by atoms with Gasteiger partial charge in [0.1, 0.15) is 5.82 Å². The number of nitrogens with zero attached hydrogens (tertiary/aromatic N) is 4. The van der Waals surface area contributed by atoms with Crippen molar-refractivity contribution >= 4 is 10.9 Å². The summed E-state index contributed by atoms with van der Waals surface area (Å²) < 4.78 is 1.99. The Morgan fingerprint density at radius 2 is 2.10 bits per heavy atom. The van der Waals surface area contributed by atoms with Crippen LogP contribution in [0.15, 0.2) is 53.7 Å². The van der Waals surface area contributed by atoms with Crippen LogP contribution in [0.4, 0.5) is 0 Å². The number of hydrogen-bond donors (Lipinski definition) is 2. The van der Waals surface area contributed by atoms with Crippen LogP contribution in [-0.2, 0) is 13.1 Å². The van der Waals surface area contributed by atoms with Crippen molar-refractivity contribution in [2.75, 3.05) is 13.1 Å². The van der Waals surface area contributed by atoms with Gasteiger partial charge in [-0.05, 0) is 36.1 Å². The van der Waals surface area contributed by atoms with Gasteiger partial charge in [0.25, 0.3) is 5.56 Å². The van der Waals surface area contributed by atoms with Crippen molar-refractivity contribution in [3.05, 3.63) is 70.5 Å². The zero-order valence-corrected chi connectivity index (χ0v) is 16.0. The Hall–Kier alpha value is -3.19. The maximum Gasteiger partial charge on any atom is 0.261 e. The second-order valence-electron chi connectivity index (χ2n) is 8.31. The third-order valence-corrected chi connectivity index (χ3v) is 6.35. The van der Waals surface area contributed by atoms with Crippen LogP contribution in [0, 0.1) is 5.92 Å². The minimum absolute atomic E-state index is 0.0743. The average molecular weight is 386 g/mol. The predicted octanol–water partition coefficient (Wildman–Crippen LogP) is 2.73. The van der Waals surface area contributed by atoms with Gasteiger partial charge in [0.05, 0.1) is 17.3 Å². The van der Waals surface area contributed by atoms with E-state index < -0.39 is 0 Å². The third-order valence-electron chi connectivity index (χ3n) is 6.35. The molecule has 0 saturated carbocycles. The van der Waals surface area contributed by atoms with Crippen molar-refractivity contribution < 1.29 is 0 Å². The number of likely N-dealkylation sites (tertiary alicyclic amines) is 1. The van der Waals surface area contributed by atoms with Gasteiger partial charge in [-0.1, -0.05) is 12.1 Å². The highest BCUT2D eigenvalue weighted by molar-refractivity contribution is 5.78. The second-order valence-corrected chi connectivity index (χ2v) is 8.31. The Morgan fingerprint density at radius 1 is 1.14 bits per heavy atom. The molecule has 2 bridgehead atoms. The molecule has 4 aromatic rings. The van der Waals surface area contributed by atoms with Crippen LogP contribution in [0.2, 0.25) is 0 Å². The zero-order chi connectivity index (χ0) is 19.4. The SMILES string of the molecule is O=c1c(-c2ncc[nH]2)ccc2n1C[C@H]1C[C@@H]2CN(Cc2ccc3cn[nH]c3c2)C1. The lowest BCUT2D eigenvalue weighted by atomic mass is 9.82. The molecule has 1 fully saturated rings. The molecule has 2 aliphatic rings. The normalized spacial score (nSPS) is 21.4. The van der Waals surface area contributed by atoms with E-state index in [1.165, 1.54) is 5.56 Å². The van der Waals surface area contributed by atoms with E-state index in [0.29, 0.717) is 23.2 Å². The Morgan fingerprint density at radius 3 is 3.00 bits per heavy atom. The Kier molecular flexibility index (Phi) is 3.70. The molecule has 7 heteroatoms. The molecule has 146 valence electrons. The van der Waals surface area contributed by atoms with E-state index in [-0.39, 0.29) is 5.56 Å². The van der Waals surface area contributed by atoms with Crippen molar-refractivity contribution in [3.8, 4) is 11.4 Å². The molecule has 1 aromatic carbocycles. The van der Waals surface area contributed by atoms with Crippen molar-refractivity contribution in [2.45, 2.75) is 25.4 Å². The van der Waals surface area contributed by atoms with E-state index >= 15 is 0 Å². The molecule has 29 heavy (non-hydrogen) atoms. The molecule has 1 saturated heterocycles. The number of aromatic nitrogens is 5. The Labute approximate surface area is 167 Å². The standard InChI is InChI=1S/C22H22N6O/c29-22-18(21-23-5-6-24-21)3-4-20-17-7-15(12-28(20)22)11-27(13-17)10-14-1-2-16-9-25-26-19(16)8-14/h1-6,8-9,15,17H,7,10-13H2,(H,23,24)(H,25,26)/t15-,17+/m0/s1. The van der Waals surface area contributed by atoms with E-state index in [1.54, 1.807) is 12.4 Å². The van der Waals surface area contributed by atoms with Crippen molar-refractivity contribution in [3.63, 3.8) is 0 Å². The summed E-state index contributed by atoms with van der Waals surface area (Å²) in [6.07, 6.45) is 6.46. The van der Waals surface area contributed by atoms with E-state index in [2.05, 4.69) is 49.3 Å². The summed E-state index contributed by atoms with van der Waals surface area (Å²) in [5.74, 6) is 1.55. The summed E-state index contributed by atoms with van der Waals surface area (Å²) in [6.45, 7) is 3.72. The minimum Gasteiger partial charge on any atom is -0.344 e. The topological polar surface area (TPSA) is 82.6 Å². The highest BCUT2D eigenvalue weighted by Gasteiger charge is 2.35. The molecule has 0 radical (unpaired) electrons. The zero-order valence-electron chi connectivity index (χ0n) is 16.0. The fourth-order valence-electron chi connectivity index (χ4n) is 5.11. The van der Waals surface area contributed by atoms with Gasteiger partial charge in [-0.2, -0.15) is 5.10 Å². The third kappa shape index (κ3) is 2.81. The van der Waals surface area contributed by atoms with Crippen molar-refractivity contribution in [1.29, 1.82) is 0 Å². The van der Waals surface area contributed by atoms with Gasteiger partial charge in [0.15, 0.2) is 0 Å². The molecule has 0 unspecified atom stereocenters. The Balaban J connectivity index is 1.28. The number of piperidine rings is 1. The number of H-pyrrole nitrogens is 2. The van der Waals surface area contributed by atoms with Crippen molar-refractivity contribution in [1.82, 2.24) is 29.6 Å². The first-order valence-electron chi connectivity index (χ1n) is 10.1. The first-order valence-corrected chi connectivity index (χ1v) is 10.1. The molecule has 6 rings (SSSR count). The summed E-state index contributed by atoms with van der Waals surface area (Å²) >= 11 is 0. The Bertz CT molecular complexity index is 1240. The van der Waals surface area contributed by atoms with E-state index in [1.807, 2.05) is 16.8 Å². The number of nitrogens with one attached hydrogen (secondary N) is 2. The molecule has 2 atom stereocenters. The van der Waals surface area contributed by atoms with Crippen LogP contribution in [-0.4, -0.2) is 42.7 Å². The fourth-order valence-corrected chi connectivity index (χ4v) is 5.11. The lowest BCUT2D eigenvalue weighted by Gasteiger charge is -2.43. The van der Waals surface area contributed by atoms with E-state index in [0.717, 1.165) is 49.2 Å². The summed E-state index contributed by atoms with van der Waals surface area (Å²) in [7, 11) is 0. The summed E-state index contributed by atoms with van der Waals surface area (Å²) in [5.41, 5.74) is 4.28.